The molecular formula is C21H23N5O. The van der Waals surface area contributed by atoms with Crippen molar-refractivity contribution in [3.05, 3.63) is 60.2 Å². The summed E-state index contributed by atoms with van der Waals surface area (Å²) in [5.74, 6) is 3.52. The van der Waals surface area contributed by atoms with Gasteiger partial charge in [0, 0.05) is 38.4 Å². The predicted molar refractivity (Wildman–Crippen MR) is 102 cm³/mol. The lowest BCUT2D eigenvalue weighted by Crippen LogP contribution is -2.26. The molecule has 0 saturated carbocycles. The third-order valence-electron chi connectivity index (χ3n) is 5.82. The normalized spacial score (nSPS) is 21.7. The first kappa shape index (κ1) is 16.4. The average molecular weight is 361 g/mol. The molecule has 0 aliphatic carbocycles. The Morgan fingerprint density at radius 1 is 1.07 bits per heavy atom. The van der Waals surface area contributed by atoms with E-state index in [0.29, 0.717) is 12.0 Å². The molecule has 2 atom stereocenters. The molecule has 2 aliphatic rings. The second kappa shape index (κ2) is 6.78. The van der Waals surface area contributed by atoms with E-state index in [1.807, 2.05) is 30.6 Å². The third-order valence-corrected chi connectivity index (χ3v) is 5.82. The molecule has 1 fully saturated rings. The van der Waals surface area contributed by atoms with Gasteiger partial charge in [0.2, 0.25) is 0 Å². The predicted octanol–water partition coefficient (Wildman–Crippen LogP) is 2.97. The van der Waals surface area contributed by atoms with Crippen LogP contribution in [0.15, 0.2) is 48.8 Å². The summed E-state index contributed by atoms with van der Waals surface area (Å²) in [6, 6.07) is 12.7. The van der Waals surface area contributed by atoms with Crippen LogP contribution in [-0.4, -0.2) is 44.8 Å². The molecule has 1 aromatic carbocycles. The van der Waals surface area contributed by atoms with E-state index < -0.39 is 0 Å². The molecule has 2 aromatic heterocycles. The highest BCUT2D eigenvalue weighted by molar-refractivity contribution is 5.64. The summed E-state index contributed by atoms with van der Waals surface area (Å²) < 4.78 is 7.95. The largest absolute Gasteiger partial charge is 0.496 e. The molecule has 5 rings (SSSR count). The molecule has 6 heteroatoms. The summed E-state index contributed by atoms with van der Waals surface area (Å²) in [4.78, 5) is 6.67. The smallest absolute Gasteiger partial charge is 0.168 e. The van der Waals surface area contributed by atoms with Gasteiger partial charge >= 0.3 is 0 Å². The summed E-state index contributed by atoms with van der Waals surface area (Å²) in [7, 11) is 1.71. The Bertz CT molecular complexity index is 939. The van der Waals surface area contributed by atoms with E-state index in [4.69, 9.17) is 4.74 Å². The number of fused-ring (bicyclic) bond motifs is 3. The number of rotatable bonds is 4. The van der Waals surface area contributed by atoms with Gasteiger partial charge in [-0.3, -0.25) is 9.88 Å². The lowest BCUT2D eigenvalue weighted by atomic mass is 9.93. The van der Waals surface area contributed by atoms with Gasteiger partial charge in [-0.2, -0.15) is 0 Å². The van der Waals surface area contributed by atoms with Gasteiger partial charge in [-0.1, -0.05) is 12.1 Å². The van der Waals surface area contributed by atoms with Crippen LogP contribution in [0.2, 0.25) is 0 Å². The molecular weight excluding hydrogens is 338 g/mol. The van der Waals surface area contributed by atoms with E-state index in [0.717, 1.165) is 49.0 Å². The van der Waals surface area contributed by atoms with Crippen LogP contribution >= 0.6 is 0 Å². The Morgan fingerprint density at radius 2 is 1.93 bits per heavy atom. The molecule has 0 unspecified atom stereocenters. The molecule has 3 aromatic rings. The van der Waals surface area contributed by atoms with Crippen LogP contribution in [0, 0.1) is 5.92 Å². The second-order valence-electron chi connectivity index (χ2n) is 7.43. The van der Waals surface area contributed by atoms with Crippen LogP contribution in [0.5, 0.6) is 5.75 Å². The number of hydrogen-bond donors (Lipinski definition) is 0. The molecule has 0 radical (unpaired) electrons. The van der Waals surface area contributed by atoms with Crippen LogP contribution in [0.25, 0.3) is 11.4 Å². The van der Waals surface area contributed by atoms with Crippen molar-refractivity contribution in [2.24, 2.45) is 5.92 Å². The van der Waals surface area contributed by atoms with Crippen molar-refractivity contribution in [3.63, 3.8) is 0 Å². The van der Waals surface area contributed by atoms with Crippen molar-refractivity contribution in [3.8, 4) is 17.1 Å². The zero-order valence-corrected chi connectivity index (χ0v) is 15.5. The second-order valence-corrected chi connectivity index (χ2v) is 7.43. The van der Waals surface area contributed by atoms with Crippen LogP contribution in [-0.2, 0) is 13.0 Å². The Labute approximate surface area is 158 Å². The standard InChI is InChI=1S/C21H23N5O/c1-27-19-5-3-2-4-17(19)21-24-23-20-7-6-16-13-25(14-18(16)26(20)21)12-15-8-10-22-11-9-15/h2-5,8-11,16,18H,6-7,12-14H2,1H3/t16-,18+/m1/s1. The van der Waals surface area contributed by atoms with Crippen molar-refractivity contribution in [2.75, 3.05) is 20.2 Å². The quantitative estimate of drug-likeness (QED) is 0.715. The topological polar surface area (TPSA) is 56.1 Å². The highest BCUT2D eigenvalue weighted by Crippen LogP contribution is 2.40. The van der Waals surface area contributed by atoms with Crippen molar-refractivity contribution in [1.82, 2.24) is 24.6 Å². The van der Waals surface area contributed by atoms with Crippen LogP contribution < -0.4 is 4.74 Å². The maximum atomic E-state index is 5.57. The fourth-order valence-electron chi connectivity index (χ4n) is 4.56. The minimum absolute atomic E-state index is 0.422. The molecule has 1 saturated heterocycles. The van der Waals surface area contributed by atoms with Gasteiger partial charge in [0.15, 0.2) is 5.82 Å². The molecule has 0 N–H and O–H groups in total. The maximum absolute atomic E-state index is 5.57. The maximum Gasteiger partial charge on any atom is 0.168 e. The molecule has 0 spiro atoms. The highest BCUT2D eigenvalue weighted by Gasteiger charge is 2.39. The van der Waals surface area contributed by atoms with Gasteiger partial charge in [-0.05, 0) is 42.2 Å². The average Bonchev–Trinajstić information content (AvgIpc) is 3.32. The van der Waals surface area contributed by atoms with E-state index in [1.165, 1.54) is 12.0 Å². The first-order valence-corrected chi connectivity index (χ1v) is 9.52. The summed E-state index contributed by atoms with van der Waals surface area (Å²) in [6.45, 7) is 3.12. The number of ether oxygens (including phenoxy) is 1. The lowest BCUT2D eigenvalue weighted by molar-refractivity contribution is 0.313. The molecule has 2 aliphatic heterocycles. The van der Waals surface area contributed by atoms with E-state index in [2.05, 4.69) is 42.8 Å². The van der Waals surface area contributed by atoms with Gasteiger partial charge in [-0.25, -0.2) is 0 Å². The number of hydrogen-bond acceptors (Lipinski definition) is 5. The SMILES string of the molecule is COc1ccccc1-c1nnc2n1[C@H]1CN(Cc3ccncc3)C[C@H]1CC2. The number of pyridine rings is 1. The van der Waals surface area contributed by atoms with E-state index >= 15 is 0 Å². The monoisotopic (exact) mass is 361 g/mol. The summed E-state index contributed by atoms with van der Waals surface area (Å²) in [5, 5.41) is 9.06. The zero-order chi connectivity index (χ0) is 18.2. The first-order chi connectivity index (χ1) is 13.3. The van der Waals surface area contributed by atoms with Crippen molar-refractivity contribution in [1.29, 1.82) is 0 Å². The Kier molecular flexibility index (Phi) is 4.13. The van der Waals surface area contributed by atoms with Gasteiger partial charge in [0.1, 0.15) is 11.6 Å². The molecule has 0 amide bonds. The Hall–Kier alpha value is -2.73. The Morgan fingerprint density at radius 3 is 2.78 bits per heavy atom. The van der Waals surface area contributed by atoms with Crippen LogP contribution in [0.3, 0.4) is 0 Å². The van der Waals surface area contributed by atoms with Gasteiger partial charge in [0.05, 0.1) is 18.7 Å². The van der Waals surface area contributed by atoms with Crippen molar-refractivity contribution >= 4 is 0 Å². The summed E-state index contributed by atoms with van der Waals surface area (Å²) >= 11 is 0. The van der Waals surface area contributed by atoms with Gasteiger partial charge in [0.25, 0.3) is 0 Å². The van der Waals surface area contributed by atoms with E-state index in [1.54, 1.807) is 7.11 Å². The number of nitrogens with zero attached hydrogens (tertiary/aromatic N) is 5. The molecule has 6 nitrogen and oxygen atoms in total. The number of likely N-dealkylation sites (tertiary alicyclic amines) is 1. The Balaban J connectivity index is 1.46. The minimum Gasteiger partial charge on any atom is -0.496 e. The third kappa shape index (κ3) is 2.90. The van der Waals surface area contributed by atoms with Crippen LogP contribution in [0.1, 0.15) is 23.9 Å². The number of benzene rings is 1. The van der Waals surface area contributed by atoms with E-state index in [-0.39, 0.29) is 0 Å². The van der Waals surface area contributed by atoms with Crippen LogP contribution in [0.4, 0.5) is 0 Å². The van der Waals surface area contributed by atoms with Crippen molar-refractivity contribution < 1.29 is 4.74 Å². The fourth-order valence-corrected chi connectivity index (χ4v) is 4.56. The fraction of sp³-hybridized carbons (Fsp3) is 0.381. The molecule has 4 heterocycles. The zero-order valence-electron chi connectivity index (χ0n) is 15.5. The number of aromatic nitrogens is 4. The minimum atomic E-state index is 0.422. The number of methoxy groups -OCH3 is 1. The van der Waals surface area contributed by atoms with Crippen molar-refractivity contribution in [2.45, 2.75) is 25.4 Å². The number of para-hydroxylation sites is 1. The molecule has 0 bridgehead atoms. The molecule has 27 heavy (non-hydrogen) atoms. The summed E-state index contributed by atoms with van der Waals surface area (Å²) in [5.41, 5.74) is 2.34. The van der Waals surface area contributed by atoms with E-state index in [9.17, 15) is 0 Å². The van der Waals surface area contributed by atoms with Gasteiger partial charge in [-0.15, -0.1) is 10.2 Å². The number of aryl methyl sites for hydroxylation is 1. The van der Waals surface area contributed by atoms with Gasteiger partial charge < -0.3 is 9.30 Å². The summed E-state index contributed by atoms with van der Waals surface area (Å²) in [6.07, 6.45) is 5.92. The molecule has 138 valence electrons. The highest BCUT2D eigenvalue weighted by atomic mass is 16.5. The first-order valence-electron chi connectivity index (χ1n) is 9.52. The lowest BCUT2D eigenvalue weighted by Gasteiger charge is -2.27.